The van der Waals surface area contributed by atoms with Crippen molar-refractivity contribution in [1.82, 2.24) is 0 Å². The third-order valence-electron chi connectivity index (χ3n) is 2.99. The van der Waals surface area contributed by atoms with E-state index in [2.05, 4.69) is 5.32 Å². The van der Waals surface area contributed by atoms with Crippen molar-refractivity contribution in [3.63, 3.8) is 0 Å². The smallest absolute Gasteiger partial charge is 0.248 e. The number of halogens is 1. The molecule has 0 spiro atoms. The number of methoxy groups -OCH3 is 2. The summed E-state index contributed by atoms with van der Waals surface area (Å²) >= 11 is 0. The maximum Gasteiger partial charge on any atom is 0.248 e. The molecule has 4 nitrogen and oxygen atoms in total. The number of hydrogen-bond donors (Lipinski definition) is 1. The van der Waals surface area contributed by atoms with Gasteiger partial charge in [-0.1, -0.05) is 18.2 Å². The highest BCUT2D eigenvalue weighted by Crippen LogP contribution is 2.28. The van der Waals surface area contributed by atoms with Crippen molar-refractivity contribution in [3.05, 3.63) is 59.9 Å². The summed E-state index contributed by atoms with van der Waals surface area (Å²) in [5.41, 5.74) is 0.853. The first-order valence-electron chi connectivity index (χ1n) is 6.59. The second-order valence-corrected chi connectivity index (χ2v) is 4.41. The Morgan fingerprint density at radius 3 is 2.59 bits per heavy atom. The van der Waals surface area contributed by atoms with Gasteiger partial charge < -0.3 is 14.8 Å². The number of ether oxygens (including phenoxy) is 2. The van der Waals surface area contributed by atoms with Crippen LogP contribution in [0.4, 0.5) is 10.1 Å². The van der Waals surface area contributed by atoms with Crippen LogP contribution in [-0.4, -0.2) is 20.1 Å². The van der Waals surface area contributed by atoms with E-state index in [0.717, 1.165) is 0 Å². The van der Waals surface area contributed by atoms with Gasteiger partial charge in [0.1, 0.15) is 17.3 Å². The minimum atomic E-state index is -0.383. The summed E-state index contributed by atoms with van der Waals surface area (Å²) in [5.74, 6) is 0.337. The Morgan fingerprint density at radius 1 is 1.14 bits per heavy atom. The fourth-order valence-corrected chi connectivity index (χ4v) is 1.85. The van der Waals surface area contributed by atoms with Gasteiger partial charge in [0.15, 0.2) is 0 Å². The van der Waals surface area contributed by atoms with Crippen molar-refractivity contribution in [2.75, 3.05) is 19.5 Å². The molecule has 0 saturated heterocycles. The predicted octanol–water partition coefficient (Wildman–Crippen LogP) is 3.49. The fraction of sp³-hybridized carbons (Fsp3) is 0.118. The Labute approximate surface area is 128 Å². The fourth-order valence-electron chi connectivity index (χ4n) is 1.85. The highest BCUT2D eigenvalue weighted by Gasteiger charge is 2.07. The molecule has 5 heteroatoms. The number of rotatable bonds is 5. The van der Waals surface area contributed by atoms with Gasteiger partial charge in [-0.25, -0.2) is 4.39 Å². The topological polar surface area (TPSA) is 47.6 Å². The van der Waals surface area contributed by atoms with Gasteiger partial charge in [0.25, 0.3) is 0 Å². The van der Waals surface area contributed by atoms with Crippen LogP contribution in [0.25, 0.3) is 6.08 Å². The van der Waals surface area contributed by atoms with E-state index in [9.17, 15) is 9.18 Å². The summed E-state index contributed by atoms with van der Waals surface area (Å²) in [4.78, 5) is 11.9. The SMILES string of the molecule is COc1ccc(NC(=O)/C=C/c2ccccc2F)c(OC)c1. The monoisotopic (exact) mass is 301 g/mol. The molecule has 0 fully saturated rings. The molecule has 2 aromatic rings. The summed E-state index contributed by atoms with van der Waals surface area (Å²) in [5, 5.41) is 2.67. The van der Waals surface area contributed by atoms with Crippen LogP contribution in [0.1, 0.15) is 5.56 Å². The normalized spacial score (nSPS) is 10.5. The van der Waals surface area contributed by atoms with E-state index in [1.54, 1.807) is 43.5 Å². The average Bonchev–Trinajstić information content (AvgIpc) is 2.54. The third kappa shape index (κ3) is 3.85. The van der Waals surface area contributed by atoms with Gasteiger partial charge in [0, 0.05) is 17.7 Å². The molecule has 2 aromatic carbocycles. The lowest BCUT2D eigenvalue weighted by Crippen LogP contribution is -2.09. The number of amides is 1. The van der Waals surface area contributed by atoms with E-state index in [-0.39, 0.29) is 11.7 Å². The molecule has 0 atom stereocenters. The van der Waals surface area contributed by atoms with E-state index in [0.29, 0.717) is 22.7 Å². The van der Waals surface area contributed by atoms with Gasteiger partial charge in [-0.2, -0.15) is 0 Å². The van der Waals surface area contributed by atoms with Crippen molar-refractivity contribution in [2.45, 2.75) is 0 Å². The summed E-state index contributed by atoms with van der Waals surface area (Å²) < 4.78 is 23.7. The molecule has 0 aliphatic carbocycles. The van der Waals surface area contributed by atoms with E-state index in [4.69, 9.17) is 9.47 Å². The van der Waals surface area contributed by atoms with E-state index in [1.807, 2.05) is 0 Å². The molecular weight excluding hydrogens is 285 g/mol. The highest BCUT2D eigenvalue weighted by molar-refractivity contribution is 6.02. The van der Waals surface area contributed by atoms with Crippen LogP contribution in [0.5, 0.6) is 11.5 Å². The molecule has 0 unspecified atom stereocenters. The molecule has 1 amide bonds. The molecule has 22 heavy (non-hydrogen) atoms. The van der Waals surface area contributed by atoms with Crippen molar-refractivity contribution >= 4 is 17.7 Å². The molecule has 2 rings (SSSR count). The summed E-state index contributed by atoms with van der Waals surface area (Å²) in [6.45, 7) is 0. The standard InChI is InChI=1S/C17H16FNO3/c1-21-13-8-9-15(16(11-13)22-2)19-17(20)10-7-12-5-3-4-6-14(12)18/h3-11H,1-2H3,(H,19,20)/b10-7+. The van der Waals surface area contributed by atoms with Crippen molar-refractivity contribution < 1.29 is 18.7 Å². The summed E-state index contributed by atoms with van der Waals surface area (Å²) in [7, 11) is 3.05. The molecular formula is C17H16FNO3. The van der Waals surface area contributed by atoms with E-state index < -0.39 is 0 Å². The van der Waals surface area contributed by atoms with Crippen LogP contribution in [0.3, 0.4) is 0 Å². The van der Waals surface area contributed by atoms with Crippen LogP contribution in [0, 0.1) is 5.82 Å². The zero-order valence-electron chi connectivity index (χ0n) is 12.3. The van der Waals surface area contributed by atoms with Gasteiger partial charge in [-0.15, -0.1) is 0 Å². The Hall–Kier alpha value is -2.82. The lowest BCUT2D eigenvalue weighted by molar-refractivity contribution is -0.111. The highest BCUT2D eigenvalue weighted by atomic mass is 19.1. The first-order valence-corrected chi connectivity index (χ1v) is 6.59. The number of nitrogens with one attached hydrogen (secondary N) is 1. The lowest BCUT2D eigenvalue weighted by atomic mass is 10.2. The molecule has 0 radical (unpaired) electrons. The third-order valence-corrected chi connectivity index (χ3v) is 2.99. The van der Waals surface area contributed by atoms with Crippen LogP contribution in [0.15, 0.2) is 48.5 Å². The van der Waals surface area contributed by atoms with E-state index in [1.165, 1.54) is 25.3 Å². The van der Waals surface area contributed by atoms with Gasteiger partial charge in [0.05, 0.1) is 19.9 Å². The molecule has 0 heterocycles. The average molecular weight is 301 g/mol. The number of anilines is 1. The largest absolute Gasteiger partial charge is 0.497 e. The minimum Gasteiger partial charge on any atom is -0.497 e. The Balaban J connectivity index is 2.11. The zero-order valence-corrected chi connectivity index (χ0v) is 12.3. The van der Waals surface area contributed by atoms with Crippen LogP contribution in [0.2, 0.25) is 0 Å². The Morgan fingerprint density at radius 2 is 1.91 bits per heavy atom. The minimum absolute atomic E-state index is 0.347. The van der Waals surface area contributed by atoms with Gasteiger partial charge in [-0.3, -0.25) is 4.79 Å². The molecule has 1 N–H and O–H groups in total. The Kier molecular flexibility index (Phi) is 5.14. The van der Waals surface area contributed by atoms with Crippen LogP contribution >= 0.6 is 0 Å². The second kappa shape index (κ2) is 7.26. The first kappa shape index (κ1) is 15.6. The lowest BCUT2D eigenvalue weighted by Gasteiger charge is -2.10. The second-order valence-electron chi connectivity index (χ2n) is 4.41. The van der Waals surface area contributed by atoms with Crippen molar-refractivity contribution in [1.29, 1.82) is 0 Å². The number of benzene rings is 2. The first-order chi connectivity index (χ1) is 10.6. The number of carbonyl (C=O) groups excluding carboxylic acids is 1. The summed E-state index contributed by atoms with van der Waals surface area (Å²) in [6.07, 6.45) is 2.68. The molecule has 0 bridgehead atoms. The van der Waals surface area contributed by atoms with Crippen molar-refractivity contribution in [3.8, 4) is 11.5 Å². The van der Waals surface area contributed by atoms with Gasteiger partial charge in [0.2, 0.25) is 5.91 Å². The van der Waals surface area contributed by atoms with Gasteiger partial charge >= 0.3 is 0 Å². The molecule has 114 valence electrons. The summed E-state index contributed by atoms with van der Waals surface area (Å²) in [6, 6.07) is 11.3. The molecule has 0 saturated carbocycles. The zero-order chi connectivity index (χ0) is 15.9. The quantitative estimate of drug-likeness (QED) is 0.860. The Bertz CT molecular complexity index is 698. The molecule has 0 aromatic heterocycles. The number of carbonyl (C=O) groups is 1. The maximum atomic E-state index is 13.5. The molecule has 0 aliphatic heterocycles. The maximum absolute atomic E-state index is 13.5. The van der Waals surface area contributed by atoms with E-state index >= 15 is 0 Å². The van der Waals surface area contributed by atoms with Gasteiger partial charge in [-0.05, 0) is 24.3 Å². The van der Waals surface area contributed by atoms with Crippen LogP contribution < -0.4 is 14.8 Å². The van der Waals surface area contributed by atoms with Crippen LogP contribution in [-0.2, 0) is 4.79 Å². The molecule has 0 aliphatic rings. The number of hydrogen-bond acceptors (Lipinski definition) is 3. The van der Waals surface area contributed by atoms with Crippen molar-refractivity contribution in [2.24, 2.45) is 0 Å². The predicted molar refractivity (Wildman–Crippen MR) is 83.6 cm³/mol.